The Bertz CT molecular complexity index is 634. The highest BCUT2D eigenvalue weighted by Crippen LogP contribution is 2.32. The summed E-state index contributed by atoms with van der Waals surface area (Å²) in [5.74, 6) is 0.439. The zero-order chi connectivity index (χ0) is 14.8. The van der Waals surface area contributed by atoms with E-state index in [-0.39, 0.29) is 6.04 Å². The first kappa shape index (κ1) is 13.4. The number of hydrogen-bond donors (Lipinski definition) is 1. The van der Waals surface area contributed by atoms with Gasteiger partial charge in [-0.3, -0.25) is 9.98 Å². The Kier molecular flexibility index (Phi) is 3.43. The van der Waals surface area contributed by atoms with Crippen LogP contribution in [0, 0.1) is 0 Å². The number of rotatable bonds is 3. The van der Waals surface area contributed by atoms with Gasteiger partial charge in [0.05, 0.1) is 19.4 Å². The van der Waals surface area contributed by atoms with Gasteiger partial charge in [-0.05, 0) is 17.7 Å². The van der Waals surface area contributed by atoms with Gasteiger partial charge in [-0.25, -0.2) is 4.79 Å². The van der Waals surface area contributed by atoms with Crippen molar-refractivity contribution >= 4 is 18.0 Å². The van der Waals surface area contributed by atoms with Crippen molar-refractivity contribution in [1.82, 2.24) is 4.90 Å². The molecule has 2 aliphatic heterocycles. The lowest BCUT2D eigenvalue weighted by molar-refractivity contribution is -0.139. The summed E-state index contributed by atoms with van der Waals surface area (Å²) >= 11 is 0. The van der Waals surface area contributed by atoms with Crippen LogP contribution in [0.3, 0.4) is 0 Å². The Labute approximate surface area is 122 Å². The number of carboxylic acid groups (broad SMARTS) is 1. The summed E-state index contributed by atoms with van der Waals surface area (Å²) in [6, 6.07) is 6.82. The van der Waals surface area contributed by atoms with E-state index in [1.165, 1.54) is 0 Å². The smallest absolute Gasteiger partial charge is 0.328 e. The molecule has 2 atom stereocenters. The number of benzene rings is 1. The summed E-state index contributed by atoms with van der Waals surface area (Å²) in [5.41, 5.74) is 1.02. The first-order chi connectivity index (χ1) is 10.2. The molecule has 108 valence electrons. The fourth-order valence-electron chi connectivity index (χ4n) is 2.54. The van der Waals surface area contributed by atoms with Crippen molar-refractivity contribution in [3.8, 4) is 5.75 Å². The highest BCUT2D eigenvalue weighted by molar-refractivity contribution is 6.30. The molecule has 0 bridgehead atoms. The average molecular weight is 285 g/mol. The molecule has 3 rings (SSSR count). The van der Waals surface area contributed by atoms with Crippen LogP contribution in [-0.2, 0) is 4.79 Å². The Morgan fingerprint density at radius 2 is 2.14 bits per heavy atom. The number of carbonyl (C=O) groups is 1. The zero-order valence-electron chi connectivity index (χ0n) is 11.5. The summed E-state index contributed by atoms with van der Waals surface area (Å²) in [4.78, 5) is 21.5. The van der Waals surface area contributed by atoms with E-state index in [1.807, 2.05) is 35.4 Å². The third-order valence-electron chi connectivity index (χ3n) is 3.62. The van der Waals surface area contributed by atoms with Gasteiger partial charge < -0.3 is 14.7 Å². The maximum absolute atomic E-state index is 11.3. The van der Waals surface area contributed by atoms with Gasteiger partial charge in [0.25, 0.3) is 0 Å². The van der Waals surface area contributed by atoms with Gasteiger partial charge >= 0.3 is 5.97 Å². The predicted molar refractivity (Wildman–Crippen MR) is 78.7 cm³/mol. The van der Waals surface area contributed by atoms with Crippen LogP contribution in [0.1, 0.15) is 18.0 Å². The number of aliphatic imine (C=N–C) groups is 2. The Balaban J connectivity index is 1.96. The van der Waals surface area contributed by atoms with Gasteiger partial charge in [-0.15, -0.1) is 0 Å². The molecule has 2 aliphatic rings. The summed E-state index contributed by atoms with van der Waals surface area (Å²) in [5, 5.41) is 9.27. The molecule has 1 aromatic carbocycles. The lowest BCUT2D eigenvalue weighted by Gasteiger charge is -2.36. The molecule has 0 aliphatic carbocycles. The number of fused-ring (bicyclic) bond motifs is 1. The van der Waals surface area contributed by atoms with E-state index in [1.54, 1.807) is 19.5 Å². The first-order valence-corrected chi connectivity index (χ1v) is 6.62. The summed E-state index contributed by atoms with van der Waals surface area (Å²) in [6.45, 7) is 0. The second-order valence-corrected chi connectivity index (χ2v) is 4.85. The third-order valence-corrected chi connectivity index (χ3v) is 3.62. The standard InChI is InChI=1S/C15H15N3O3/c1-21-11-4-2-10(3-5-11)13-8-12(15(19)20)17-14-9-16-6-7-18(13)14/h2-7,9,12-13H,8H2,1H3,(H,19,20). The van der Waals surface area contributed by atoms with Crippen molar-refractivity contribution in [2.75, 3.05) is 7.11 Å². The van der Waals surface area contributed by atoms with Crippen molar-refractivity contribution < 1.29 is 14.6 Å². The lowest BCUT2D eigenvalue weighted by Crippen LogP contribution is -2.41. The first-order valence-electron chi connectivity index (χ1n) is 6.62. The van der Waals surface area contributed by atoms with Crippen LogP contribution in [0.4, 0.5) is 0 Å². The summed E-state index contributed by atoms with van der Waals surface area (Å²) in [7, 11) is 1.62. The summed E-state index contributed by atoms with van der Waals surface area (Å²) in [6.07, 6.45) is 5.51. The molecule has 1 aromatic rings. The fourth-order valence-corrected chi connectivity index (χ4v) is 2.54. The minimum Gasteiger partial charge on any atom is -0.497 e. The van der Waals surface area contributed by atoms with Crippen molar-refractivity contribution in [2.45, 2.75) is 18.5 Å². The van der Waals surface area contributed by atoms with E-state index in [2.05, 4.69) is 9.98 Å². The van der Waals surface area contributed by atoms with Gasteiger partial charge in [0, 0.05) is 18.8 Å². The molecule has 2 heterocycles. The number of amidine groups is 1. The van der Waals surface area contributed by atoms with E-state index >= 15 is 0 Å². The minimum absolute atomic E-state index is 0.0764. The quantitative estimate of drug-likeness (QED) is 0.919. The Morgan fingerprint density at radius 3 is 2.81 bits per heavy atom. The molecule has 1 N–H and O–H groups in total. The van der Waals surface area contributed by atoms with Crippen molar-refractivity contribution in [1.29, 1.82) is 0 Å². The molecule has 0 saturated heterocycles. The predicted octanol–water partition coefficient (Wildman–Crippen LogP) is 1.85. The number of methoxy groups -OCH3 is 1. The van der Waals surface area contributed by atoms with Crippen molar-refractivity contribution in [3.05, 3.63) is 42.2 Å². The highest BCUT2D eigenvalue weighted by Gasteiger charge is 2.33. The lowest BCUT2D eigenvalue weighted by atomic mass is 9.95. The second-order valence-electron chi connectivity index (χ2n) is 4.85. The maximum Gasteiger partial charge on any atom is 0.328 e. The Hall–Kier alpha value is -2.63. The second kappa shape index (κ2) is 5.40. The average Bonchev–Trinajstić information content (AvgIpc) is 2.54. The largest absolute Gasteiger partial charge is 0.497 e. The topological polar surface area (TPSA) is 74.5 Å². The van der Waals surface area contributed by atoms with Gasteiger partial charge in [0.2, 0.25) is 0 Å². The van der Waals surface area contributed by atoms with Crippen LogP contribution < -0.4 is 4.74 Å². The molecule has 21 heavy (non-hydrogen) atoms. The Morgan fingerprint density at radius 1 is 1.38 bits per heavy atom. The van der Waals surface area contributed by atoms with E-state index in [0.29, 0.717) is 12.3 Å². The molecule has 0 saturated carbocycles. The van der Waals surface area contributed by atoms with Crippen LogP contribution >= 0.6 is 0 Å². The zero-order valence-corrected chi connectivity index (χ0v) is 11.5. The number of ether oxygens (including phenoxy) is 1. The SMILES string of the molecule is COc1ccc(C2CC(C(=O)O)N=C3C=NC=CN32)cc1. The fraction of sp³-hybridized carbons (Fsp3) is 0.267. The van der Waals surface area contributed by atoms with Crippen LogP contribution in [0.5, 0.6) is 5.75 Å². The summed E-state index contributed by atoms with van der Waals surface area (Å²) < 4.78 is 5.16. The number of hydrogen-bond acceptors (Lipinski definition) is 5. The molecule has 0 spiro atoms. The van der Waals surface area contributed by atoms with Crippen LogP contribution in [0.2, 0.25) is 0 Å². The molecular formula is C15H15N3O3. The van der Waals surface area contributed by atoms with Crippen molar-refractivity contribution in [3.63, 3.8) is 0 Å². The minimum atomic E-state index is -0.913. The van der Waals surface area contributed by atoms with Gasteiger partial charge in [0.15, 0.2) is 6.04 Å². The number of aliphatic carboxylic acids is 1. The van der Waals surface area contributed by atoms with Gasteiger partial charge in [-0.2, -0.15) is 0 Å². The van der Waals surface area contributed by atoms with E-state index in [4.69, 9.17) is 4.74 Å². The number of nitrogens with zero attached hydrogens (tertiary/aromatic N) is 3. The molecule has 2 unspecified atom stereocenters. The molecule has 6 heteroatoms. The van der Waals surface area contributed by atoms with Gasteiger partial charge in [-0.1, -0.05) is 12.1 Å². The van der Waals surface area contributed by atoms with Crippen LogP contribution in [-0.4, -0.2) is 41.2 Å². The van der Waals surface area contributed by atoms with E-state index in [9.17, 15) is 9.90 Å². The van der Waals surface area contributed by atoms with E-state index < -0.39 is 12.0 Å². The molecule has 0 fully saturated rings. The molecular weight excluding hydrogens is 270 g/mol. The highest BCUT2D eigenvalue weighted by atomic mass is 16.5. The van der Waals surface area contributed by atoms with Crippen LogP contribution in [0.15, 0.2) is 46.7 Å². The molecule has 6 nitrogen and oxygen atoms in total. The maximum atomic E-state index is 11.3. The molecule has 0 amide bonds. The molecule has 0 aromatic heterocycles. The van der Waals surface area contributed by atoms with Crippen LogP contribution in [0.25, 0.3) is 0 Å². The molecule has 0 radical (unpaired) electrons. The third kappa shape index (κ3) is 2.52. The normalized spacial score (nSPS) is 23.5. The van der Waals surface area contributed by atoms with Crippen molar-refractivity contribution in [2.24, 2.45) is 9.98 Å². The van der Waals surface area contributed by atoms with E-state index in [0.717, 1.165) is 11.3 Å². The van der Waals surface area contributed by atoms with Gasteiger partial charge in [0.1, 0.15) is 11.6 Å². The monoisotopic (exact) mass is 285 g/mol. The number of carboxylic acids is 1.